The second-order valence-electron chi connectivity index (χ2n) is 4.21. The van der Waals surface area contributed by atoms with Crippen LogP contribution in [-0.2, 0) is 6.15 Å². The molecule has 2 atom stereocenters. The topological polar surface area (TPSA) is 18.5 Å². The third-order valence-electron chi connectivity index (χ3n) is 3.34. The van der Waals surface area contributed by atoms with Gasteiger partial charge in [-0.05, 0) is 0 Å². The maximum absolute atomic E-state index is 6.16. The zero-order valence-corrected chi connectivity index (χ0v) is 14.2. The Kier molecular flexibility index (Phi) is 8.28. The van der Waals surface area contributed by atoms with E-state index in [-0.39, 0.29) is 0 Å². The van der Waals surface area contributed by atoms with Gasteiger partial charge in [0.2, 0.25) is 0 Å². The molecule has 0 N–H and O–H groups in total. The molecule has 0 amide bonds. The van der Waals surface area contributed by atoms with Crippen LogP contribution < -0.4 is 0 Å². The third kappa shape index (κ3) is 3.90. The first-order valence-corrected chi connectivity index (χ1v) is 12.0. The molecule has 0 saturated heterocycles. The second kappa shape index (κ2) is 7.91. The van der Waals surface area contributed by atoms with Crippen LogP contribution in [0.3, 0.4) is 0 Å². The molecule has 0 fully saturated rings. The predicted octanol–water partition coefficient (Wildman–Crippen LogP) is 4.10. The van der Waals surface area contributed by atoms with Gasteiger partial charge in [0.15, 0.2) is 0 Å². The molecule has 92 valence electrons. The number of rotatable bonds is 8. The first-order valence-electron chi connectivity index (χ1n) is 6.36. The van der Waals surface area contributed by atoms with Crippen molar-refractivity contribution in [2.75, 3.05) is 13.2 Å². The summed E-state index contributed by atoms with van der Waals surface area (Å²) in [4.78, 5) is 0. The van der Waals surface area contributed by atoms with Gasteiger partial charge in [-0.2, -0.15) is 0 Å². The van der Waals surface area contributed by atoms with Gasteiger partial charge < -0.3 is 0 Å². The standard InChI is InChI=1S/2C4H9.2C2H5O.Sn/c2*1-3-4-2;2*1-2-3;/h2*3H,4H2,1-2H3;2*2H2,1H3;/q;;2*-1;+2. The molecule has 0 aromatic heterocycles. The van der Waals surface area contributed by atoms with Crippen molar-refractivity contribution in [3.05, 3.63) is 0 Å². The zero-order chi connectivity index (χ0) is 11.9. The van der Waals surface area contributed by atoms with E-state index >= 15 is 0 Å². The minimum atomic E-state index is -2.83. The molecule has 0 rings (SSSR count). The molecule has 0 aromatic carbocycles. The molecular formula is C12H28O2Sn. The molecule has 3 heteroatoms. The summed E-state index contributed by atoms with van der Waals surface area (Å²) in [5.41, 5.74) is 0. The van der Waals surface area contributed by atoms with Gasteiger partial charge in [-0.3, -0.25) is 0 Å². The van der Waals surface area contributed by atoms with Crippen LogP contribution in [0.25, 0.3) is 0 Å². The zero-order valence-electron chi connectivity index (χ0n) is 11.3. The van der Waals surface area contributed by atoms with Crippen molar-refractivity contribution < 1.29 is 6.15 Å². The summed E-state index contributed by atoms with van der Waals surface area (Å²) < 4.78 is 13.6. The van der Waals surface area contributed by atoms with Crippen LogP contribution in [0.2, 0.25) is 7.87 Å². The van der Waals surface area contributed by atoms with Crippen molar-refractivity contribution in [1.82, 2.24) is 0 Å². The van der Waals surface area contributed by atoms with Gasteiger partial charge in [0.1, 0.15) is 0 Å². The van der Waals surface area contributed by atoms with E-state index in [0.717, 1.165) is 13.2 Å². The Balaban J connectivity index is 4.86. The number of hydrogen-bond acceptors (Lipinski definition) is 2. The average Bonchev–Trinajstić information content (AvgIpc) is 2.26. The van der Waals surface area contributed by atoms with E-state index in [1.54, 1.807) is 0 Å². The summed E-state index contributed by atoms with van der Waals surface area (Å²) in [6.45, 7) is 14.9. The van der Waals surface area contributed by atoms with E-state index < -0.39 is 19.2 Å². The quantitative estimate of drug-likeness (QED) is 0.626. The van der Waals surface area contributed by atoms with E-state index in [1.165, 1.54) is 12.8 Å². The molecule has 0 radical (unpaired) electrons. The van der Waals surface area contributed by atoms with Crippen molar-refractivity contribution in [3.8, 4) is 0 Å². The molecule has 2 unspecified atom stereocenters. The fourth-order valence-corrected chi connectivity index (χ4v) is 14.2. The SMILES string of the molecule is CC[O][Sn]([O]CC)([CH](C)CC)[CH](C)CC. The van der Waals surface area contributed by atoms with Crippen molar-refractivity contribution in [2.45, 2.75) is 62.3 Å². The summed E-state index contributed by atoms with van der Waals surface area (Å²) in [5.74, 6) is 0. The Bertz CT molecular complexity index is 144. The Morgan fingerprint density at radius 2 is 1.13 bits per heavy atom. The fraction of sp³-hybridized carbons (Fsp3) is 1.00. The molecule has 0 saturated carbocycles. The van der Waals surface area contributed by atoms with Crippen LogP contribution in [0.4, 0.5) is 0 Å². The molecule has 0 heterocycles. The van der Waals surface area contributed by atoms with Crippen LogP contribution in [0.15, 0.2) is 0 Å². The monoisotopic (exact) mass is 324 g/mol. The summed E-state index contributed by atoms with van der Waals surface area (Å²) in [5, 5.41) is 0. The Morgan fingerprint density at radius 3 is 1.33 bits per heavy atom. The molecule has 0 aliphatic rings. The molecule has 0 aliphatic carbocycles. The van der Waals surface area contributed by atoms with E-state index in [0.29, 0.717) is 7.87 Å². The van der Waals surface area contributed by atoms with Crippen molar-refractivity contribution in [1.29, 1.82) is 0 Å². The third-order valence-corrected chi connectivity index (χ3v) is 17.7. The van der Waals surface area contributed by atoms with Crippen molar-refractivity contribution in [2.24, 2.45) is 0 Å². The molecule has 0 aromatic rings. The first kappa shape index (κ1) is 15.7. The van der Waals surface area contributed by atoms with Gasteiger partial charge in [0.05, 0.1) is 0 Å². The van der Waals surface area contributed by atoms with Crippen LogP contribution in [-0.4, -0.2) is 32.4 Å². The van der Waals surface area contributed by atoms with Gasteiger partial charge >= 0.3 is 101 Å². The molecule has 0 spiro atoms. The van der Waals surface area contributed by atoms with Gasteiger partial charge in [-0.15, -0.1) is 0 Å². The average molecular weight is 323 g/mol. The van der Waals surface area contributed by atoms with E-state index in [1.807, 2.05) is 0 Å². The normalized spacial score (nSPS) is 16.4. The van der Waals surface area contributed by atoms with E-state index in [4.69, 9.17) is 6.15 Å². The number of hydrogen-bond donors (Lipinski definition) is 0. The summed E-state index contributed by atoms with van der Waals surface area (Å²) >= 11 is -2.83. The Hall–Kier alpha value is 0.719. The van der Waals surface area contributed by atoms with Crippen LogP contribution in [0, 0.1) is 0 Å². The van der Waals surface area contributed by atoms with Crippen molar-refractivity contribution >= 4 is 19.2 Å². The molecular weight excluding hydrogens is 295 g/mol. The van der Waals surface area contributed by atoms with Crippen LogP contribution in [0.5, 0.6) is 0 Å². The Labute approximate surface area is 101 Å². The first-order chi connectivity index (χ1) is 7.08. The summed E-state index contributed by atoms with van der Waals surface area (Å²) in [7, 11) is 0. The predicted molar refractivity (Wildman–Crippen MR) is 68.4 cm³/mol. The second-order valence-corrected chi connectivity index (χ2v) is 15.6. The van der Waals surface area contributed by atoms with E-state index in [9.17, 15) is 0 Å². The maximum atomic E-state index is 6.16. The van der Waals surface area contributed by atoms with Gasteiger partial charge in [0.25, 0.3) is 0 Å². The van der Waals surface area contributed by atoms with E-state index in [2.05, 4.69) is 41.5 Å². The van der Waals surface area contributed by atoms with Crippen LogP contribution in [0.1, 0.15) is 54.4 Å². The minimum absolute atomic E-state index is 0.647. The molecule has 0 aliphatic heterocycles. The van der Waals surface area contributed by atoms with Gasteiger partial charge in [-0.25, -0.2) is 0 Å². The van der Waals surface area contributed by atoms with Crippen molar-refractivity contribution in [3.63, 3.8) is 0 Å². The molecule has 0 bridgehead atoms. The van der Waals surface area contributed by atoms with Crippen LogP contribution >= 0.6 is 0 Å². The summed E-state index contributed by atoms with van der Waals surface area (Å²) in [6, 6.07) is 0. The molecule has 15 heavy (non-hydrogen) atoms. The fourth-order valence-electron chi connectivity index (χ4n) is 2.12. The van der Waals surface area contributed by atoms with Gasteiger partial charge in [0, 0.05) is 0 Å². The molecule has 2 nitrogen and oxygen atoms in total. The summed E-state index contributed by atoms with van der Waals surface area (Å²) in [6.07, 6.45) is 2.36. The Morgan fingerprint density at radius 1 is 0.800 bits per heavy atom. The van der Waals surface area contributed by atoms with Gasteiger partial charge in [-0.1, -0.05) is 0 Å².